The molecule has 3 rings (SSSR count). The van der Waals surface area contributed by atoms with Gasteiger partial charge in [0.2, 0.25) is 5.91 Å². The number of carboxylic acid groups (broad SMARTS) is 1. The lowest BCUT2D eigenvalue weighted by atomic mass is 9.85. The molecule has 2 aromatic carbocycles. The molecule has 5 N–H and O–H groups in total. The number of nitrogens with zero attached hydrogens (tertiary/aromatic N) is 1. The average Bonchev–Trinajstić information content (AvgIpc) is 2.87. The number of carbonyl (C=O) groups is 4. The van der Waals surface area contributed by atoms with Gasteiger partial charge in [0, 0.05) is 33.0 Å². The van der Waals surface area contributed by atoms with Crippen molar-refractivity contribution in [2.45, 2.75) is 36.0 Å². The number of halogens is 14. The molecule has 46 heavy (non-hydrogen) atoms. The van der Waals surface area contributed by atoms with Gasteiger partial charge in [-0.25, -0.2) is 4.79 Å². The standard InChI is InChI=1S/C23H12F14N4O5/c24-18(25,20(28,29)22(32,33)34)4-41(5-19(26,27)21(30,31)23(35,36)37)13(38)12-9(17(45)46)3-8-10-7(15(43)40-16(8)44)2-1-6(11(10)12)14(39)42/h1-3,38H,4-5H2,(H2,39,42)(H,45,46)(H,40,43,44). The summed E-state index contributed by atoms with van der Waals surface area (Å²) in [4.78, 5) is 47.6. The van der Waals surface area contributed by atoms with Crippen LogP contribution < -0.4 is 11.1 Å². The molecule has 0 saturated heterocycles. The first-order chi connectivity index (χ1) is 20.5. The van der Waals surface area contributed by atoms with Gasteiger partial charge in [-0.15, -0.1) is 0 Å². The van der Waals surface area contributed by atoms with E-state index in [-0.39, 0.29) is 6.07 Å². The van der Waals surface area contributed by atoms with Crippen LogP contribution >= 0.6 is 0 Å². The maximum Gasteiger partial charge on any atom is 0.459 e. The third-order valence-corrected chi connectivity index (χ3v) is 6.46. The van der Waals surface area contributed by atoms with Crippen molar-refractivity contribution in [3.63, 3.8) is 0 Å². The zero-order chi connectivity index (χ0) is 35.7. The number of carboxylic acids is 1. The summed E-state index contributed by atoms with van der Waals surface area (Å²) in [5.74, 6) is -37.3. The van der Waals surface area contributed by atoms with Gasteiger partial charge in [0.1, 0.15) is 5.84 Å². The first-order valence-corrected chi connectivity index (χ1v) is 11.5. The van der Waals surface area contributed by atoms with Crippen LogP contribution in [0.1, 0.15) is 47.0 Å². The molecule has 0 aliphatic carbocycles. The van der Waals surface area contributed by atoms with Crippen molar-refractivity contribution in [3.8, 4) is 0 Å². The Labute approximate surface area is 243 Å². The Morgan fingerprint density at radius 2 is 1.17 bits per heavy atom. The van der Waals surface area contributed by atoms with Crippen LogP contribution in [-0.2, 0) is 0 Å². The molecule has 0 radical (unpaired) electrons. The fourth-order valence-corrected chi connectivity index (χ4v) is 4.26. The SMILES string of the molecule is N=C(c1c(C(=O)O)cc2c3c(ccc(C(N)=O)c13)C(=O)NC2=O)N(CC(F)(F)C(F)(F)C(F)(F)F)CC(F)(F)C(F)(F)C(F)(F)F. The summed E-state index contributed by atoms with van der Waals surface area (Å²) in [6, 6.07) is 1.42. The molecule has 2 aromatic rings. The summed E-state index contributed by atoms with van der Waals surface area (Å²) < 4.78 is 190. The van der Waals surface area contributed by atoms with Crippen LogP contribution in [0.2, 0.25) is 0 Å². The molecule has 9 nitrogen and oxygen atoms in total. The molecule has 0 fully saturated rings. The number of nitrogens with two attached hydrogens (primary N) is 1. The van der Waals surface area contributed by atoms with Crippen LogP contribution in [0.4, 0.5) is 61.5 Å². The van der Waals surface area contributed by atoms with Gasteiger partial charge in [0.25, 0.3) is 11.8 Å². The van der Waals surface area contributed by atoms with Gasteiger partial charge >= 0.3 is 42.0 Å². The summed E-state index contributed by atoms with van der Waals surface area (Å²) in [6.07, 6.45) is -14.4. The number of rotatable bonds is 9. The van der Waals surface area contributed by atoms with Crippen LogP contribution in [0.3, 0.4) is 0 Å². The Kier molecular flexibility index (Phi) is 8.30. The quantitative estimate of drug-likeness (QED) is 0.128. The topological polar surface area (TPSA) is 154 Å². The lowest BCUT2D eigenvalue weighted by Gasteiger charge is -2.38. The van der Waals surface area contributed by atoms with E-state index in [0.717, 1.165) is 6.07 Å². The van der Waals surface area contributed by atoms with E-state index >= 15 is 0 Å². The average molecular weight is 690 g/mol. The van der Waals surface area contributed by atoms with Crippen molar-refractivity contribution in [2.24, 2.45) is 5.73 Å². The summed E-state index contributed by atoms with van der Waals surface area (Å²) >= 11 is 0. The molecule has 0 bridgehead atoms. The van der Waals surface area contributed by atoms with Gasteiger partial charge in [-0.3, -0.25) is 25.1 Å². The number of imide groups is 1. The highest BCUT2D eigenvalue weighted by atomic mass is 19.4. The first-order valence-electron chi connectivity index (χ1n) is 11.5. The Morgan fingerprint density at radius 1 is 0.739 bits per heavy atom. The molecule has 1 heterocycles. The lowest BCUT2D eigenvalue weighted by Crippen LogP contribution is -2.62. The monoisotopic (exact) mass is 690 g/mol. The third kappa shape index (κ3) is 5.50. The minimum absolute atomic E-state index is 0.174. The van der Waals surface area contributed by atoms with E-state index in [1.807, 2.05) is 0 Å². The molecule has 0 atom stereocenters. The molecule has 1 aliphatic rings. The smallest absolute Gasteiger partial charge is 0.459 e. The molecule has 3 amide bonds. The second-order valence-corrected chi connectivity index (χ2v) is 9.47. The highest BCUT2D eigenvalue weighted by Crippen LogP contribution is 2.50. The number of primary amides is 1. The number of carbonyl (C=O) groups excluding carboxylic acids is 3. The van der Waals surface area contributed by atoms with Crippen molar-refractivity contribution < 1.29 is 85.8 Å². The van der Waals surface area contributed by atoms with E-state index in [0.29, 0.717) is 6.07 Å². The minimum Gasteiger partial charge on any atom is -0.478 e. The predicted molar refractivity (Wildman–Crippen MR) is 122 cm³/mol. The number of nitrogens with one attached hydrogen (secondary N) is 2. The summed E-state index contributed by atoms with van der Waals surface area (Å²) in [5, 5.41) is 17.3. The van der Waals surface area contributed by atoms with E-state index in [4.69, 9.17) is 11.1 Å². The normalized spacial score (nSPS) is 14.7. The van der Waals surface area contributed by atoms with E-state index in [1.54, 1.807) is 5.32 Å². The van der Waals surface area contributed by atoms with Gasteiger partial charge in [0.15, 0.2) is 0 Å². The molecular weight excluding hydrogens is 678 g/mol. The van der Waals surface area contributed by atoms with E-state index in [9.17, 15) is 85.8 Å². The number of amidine groups is 1. The van der Waals surface area contributed by atoms with Gasteiger partial charge < -0.3 is 15.7 Å². The molecule has 252 valence electrons. The molecule has 0 saturated carbocycles. The predicted octanol–water partition coefficient (Wildman–Crippen LogP) is 4.81. The van der Waals surface area contributed by atoms with Crippen LogP contribution in [0.25, 0.3) is 10.8 Å². The van der Waals surface area contributed by atoms with E-state index in [2.05, 4.69) is 0 Å². The molecule has 0 aromatic heterocycles. The second kappa shape index (κ2) is 10.7. The van der Waals surface area contributed by atoms with Crippen molar-refractivity contribution in [1.29, 1.82) is 5.41 Å². The zero-order valence-electron chi connectivity index (χ0n) is 21.5. The molecule has 0 spiro atoms. The van der Waals surface area contributed by atoms with Gasteiger partial charge in [-0.05, 0) is 18.2 Å². The van der Waals surface area contributed by atoms with Crippen molar-refractivity contribution in [3.05, 3.63) is 46.0 Å². The highest BCUT2D eigenvalue weighted by Gasteiger charge is 2.75. The zero-order valence-corrected chi connectivity index (χ0v) is 21.5. The van der Waals surface area contributed by atoms with Gasteiger partial charge in [0.05, 0.1) is 18.7 Å². The second-order valence-electron chi connectivity index (χ2n) is 9.47. The minimum atomic E-state index is -7.24. The number of aromatic carboxylic acids is 1. The van der Waals surface area contributed by atoms with Gasteiger partial charge in [-0.2, -0.15) is 61.5 Å². The van der Waals surface area contributed by atoms with Crippen LogP contribution in [0.15, 0.2) is 18.2 Å². The maximum atomic E-state index is 14.5. The van der Waals surface area contributed by atoms with Crippen LogP contribution in [0.5, 0.6) is 0 Å². The van der Waals surface area contributed by atoms with Crippen molar-refractivity contribution >= 4 is 40.3 Å². The number of benzene rings is 2. The Morgan fingerprint density at radius 3 is 1.57 bits per heavy atom. The maximum absolute atomic E-state index is 14.5. The number of hydrogen-bond donors (Lipinski definition) is 4. The Bertz CT molecular complexity index is 1640. The Hall–Kier alpha value is -4.73. The number of amides is 3. The summed E-state index contributed by atoms with van der Waals surface area (Å²) in [6.45, 7) is -7.20. The fourth-order valence-electron chi connectivity index (χ4n) is 4.26. The van der Waals surface area contributed by atoms with Crippen LogP contribution in [-0.4, -0.2) is 88.7 Å². The molecule has 1 aliphatic heterocycles. The van der Waals surface area contributed by atoms with E-state index in [1.165, 1.54) is 0 Å². The fraction of sp³-hybridized carbons (Fsp3) is 0.348. The number of hydrogen-bond acceptors (Lipinski definition) is 5. The Balaban J connectivity index is 2.48. The summed E-state index contributed by atoms with van der Waals surface area (Å²) in [5.41, 5.74) is -0.951. The molecule has 0 unspecified atom stereocenters. The van der Waals surface area contributed by atoms with Crippen molar-refractivity contribution in [1.82, 2.24) is 10.2 Å². The van der Waals surface area contributed by atoms with Crippen molar-refractivity contribution in [2.75, 3.05) is 13.1 Å². The van der Waals surface area contributed by atoms with Crippen LogP contribution in [0, 0.1) is 5.41 Å². The first kappa shape index (κ1) is 35.7. The largest absolute Gasteiger partial charge is 0.478 e. The molecular formula is C23H12F14N4O5. The number of alkyl halides is 14. The highest BCUT2D eigenvalue weighted by molar-refractivity contribution is 6.31. The van der Waals surface area contributed by atoms with E-state index < -0.39 is 122 Å². The summed E-state index contributed by atoms with van der Waals surface area (Å²) in [7, 11) is 0. The lowest BCUT2D eigenvalue weighted by molar-refractivity contribution is -0.363. The van der Waals surface area contributed by atoms with Gasteiger partial charge in [-0.1, -0.05) is 0 Å². The third-order valence-electron chi connectivity index (χ3n) is 6.46. The molecule has 23 heteroatoms.